The first kappa shape index (κ1) is 16.7. The lowest BCUT2D eigenvalue weighted by molar-refractivity contribution is -0.141. The van der Waals surface area contributed by atoms with Crippen molar-refractivity contribution in [3.63, 3.8) is 0 Å². The van der Waals surface area contributed by atoms with Crippen LogP contribution in [-0.4, -0.2) is 41.5 Å². The predicted molar refractivity (Wildman–Crippen MR) is 83.4 cm³/mol. The Morgan fingerprint density at radius 3 is 2.59 bits per heavy atom. The minimum Gasteiger partial charge on any atom is -0.481 e. The molecule has 22 heavy (non-hydrogen) atoms. The van der Waals surface area contributed by atoms with E-state index in [1.165, 1.54) is 0 Å². The van der Waals surface area contributed by atoms with E-state index in [9.17, 15) is 9.59 Å². The highest BCUT2D eigenvalue weighted by Crippen LogP contribution is 2.28. The first-order valence-corrected chi connectivity index (χ1v) is 7.21. The molecule has 1 aromatic rings. The van der Waals surface area contributed by atoms with E-state index in [2.05, 4.69) is 10.9 Å². The molecule has 120 valence electrons. The number of aliphatic carboxylic acids is 1. The predicted octanol–water partition coefficient (Wildman–Crippen LogP) is 0.807. The second-order valence-electron chi connectivity index (χ2n) is 5.63. The van der Waals surface area contributed by atoms with E-state index in [-0.39, 0.29) is 30.3 Å². The standard InChI is InChI=1S/C15H19N3O3.ClH/c19-14(18-7-6-11(9-18)15(20)21)12-8-16-17-13(12)10-4-2-1-3-5-10;/h1-5,11-13,16-17H,6-9H2,(H,20,21);1H. The fourth-order valence-corrected chi connectivity index (χ4v) is 3.10. The number of carboxylic acids is 1. The zero-order valence-corrected chi connectivity index (χ0v) is 12.9. The fraction of sp³-hybridized carbons (Fsp3) is 0.467. The van der Waals surface area contributed by atoms with Crippen LogP contribution < -0.4 is 10.9 Å². The maximum Gasteiger partial charge on any atom is 0.308 e. The summed E-state index contributed by atoms with van der Waals surface area (Å²) in [5, 5.41) is 9.05. The monoisotopic (exact) mass is 325 g/mol. The molecule has 0 aromatic heterocycles. The molecule has 1 aromatic carbocycles. The highest BCUT2D eigenvalue weighted by Gasteiger charge is 2.39. The first-order chi connectivity index (χ1) is 10.2. The van der Waals surface area contributed by atoms with Crippen molar-refractivity contribution in [1.82, 2.24) is 15.8 Å². The number of benzene rings is 1. The summed E-state index contributed by atoms with van der Waals surface area (Å²) in [5.74, 6) is -1.40. The van der Waals surface area contributed by atoms with E-state index in [1.54, 1.807) is 4.90 Å². The Hall–Kier alpha value is -1.63. The van der Waals surface area contributed by atoms with Crippen LogP contribution in [0.15, 0.2) is 30.3 Å². The van der Waals surface area contributed by atoms with Crippen molar-refractivity contribution >= 4 is 24.3 Å². The Morgan fingerprint density at radius 2 is 1.95 bits per heavy atom. The van der Waals surface area contributed by atoms with Gasteiger partial charge < -0.3 is 10.0 Å². The fourth-order valence-electron chi connectivity index (χ4n) is 3.10. The van der Waals surface area contributed by atoms with Crippen LogP contribution in [0.25, 0.3) is 0 Å². The molecule has 0 saturated carbocycles. The molecule has 3 N–H and O–H groups in total. The molecule has 1 amide bonds. The summed E-state index contributed by atoms with van der Waals surface area (Å²) in [6.07, 6.45) is 0.546. The van der Waals surface area contributed by atoms with Gasteiger partial charge in [0.1, 0.15) is 0 Å². The van der Waals surface area contributed by atoms with Gasteiger partial charge in [-0.1, -0.05) is 30.3 Å². The molecular weight excluding hydrogens is 306 g/mol. The van der Waals surface area contributed by atoms with Gasteiger partial charge in [0.15, 0.2) is 0 Å². The highest BCUT2D eigenvalue weighted by atomic mass is 35.5. The maximum atomic E-state index is 12.7. The summed E-state index contributed by atoms with van der Waals surface area (Å²) in [6.45, 7) is 1.42. The number of amides is 1. The van der Waals surface area contributed by atoms with Crippen LogP contribution in [0.3, 0.4) is 0 Å². The lowest BCUT2D eigenvalue weighted by Crippen LogP contribution is -2.38. The Morgan fingerprint density at radius 1 is 1.23 bits per heavy atom. The Bertz CT molecular complexity index is 540. The van der Waals surface area contributed by atoms with Crippen molar-refractivity contribution < 1.29 is 14.7 Å². The molecule has 3 unspecified atom stereocenters. The summed E-state index contributed by atoms with van der Waals surface area (Å²) in [5.41, 5.74) is 7.26. The minimum atomic E-state index is -0.812. The van der Waals surface area contributed by atoms with Crippen LogP contribution in [0, 0.1) is 11.8 Å². The lowest BCUT2D eigenvalue weighted by Gasteiger charge is -2.24. The van der Waals surface area contributed by atoms with Gasteiger partial charge in [-0.15, -0.1) is 12.4 Å². The van der Waals surface area contributed by atoms with Crippen LogP contribution in [0.1, 0.15) is 18.0 Å². The molecule has 2 saturated heterocycles. The topological polar surface area (TPSA) is 81.7 Å². The van der Waals surface area contributed by atoms with Crippen LogP contribution in [-0.2, 0) is 9.59 Å². The molecule has 0 spiro atoms. The summed E-state index contributed by atoms with van der Waals surface area (Å²) < 4.78 is 0. The smallest absolute Gasteiger partial charge is 0.308 e. The molecule has 2 aliphatic heterocycles. The second-order valence-corrected chi connectivity index (χ2v) is 5.63. The van der Waals surface area contributed by atoms with Crippen LogP contribution >= 0.6 is 12.4 Å². The van der Waals surface area contributed by atoms with E-state index in [4.69, 9.17) is 5.11 Å². The molecule has 3 rings (SSSR count). The number of rotatable bonds is 3. The third kappa shape index (κ3) is 3.24. The minimum absolute atomic E-state index is 0. The van der Waals surface area contributed by atoms with E-state index < -0.39 is 11.9 Å². The van der Waals surface area contributed by atoms with Crippen molar-refractivity contribution in [2.75, 3.05) is 19.6 Å². The van der Waals surface area contributed by atoms with Crippen LogP contribution in [0.2, 0.25) is 0 Å². The van der Waals surface area contributed by atoms with Gasteiger partial charge in [0.2, 0.25) is 5.91 Å². The van der Waals surface area contributed by atoms with E-state index >= 15 is 0 Å². The summed E-state index contributed by atoms with van der Waals surface area (Å²) >= 11 is 0. The SMILES string of the molecule is Cl.O=C(O)C1CCN(C(=O)C2CNNC2c2ccccc2)C1. The van der Waals surface area contributed by atoms with Crippen LogP contribution in [0.4, 0.5) is 0 Å². The molecule has 2 heterocycles. The number of likely N-dealkylation sites (tertiary alicyclic amines) is 1. The summed E-state index contributed by atoms with van der Waals surface area (Å²) in [7, 11) is 0. The van der Waals surface area contributed by atoms with E-state index in [0.29, 0.717) is 26.1 Å². The number of carboxylic acid groups (broad SMARTS) is 1. The van der Waals surface area contributed by atoms with Gasteiger partial charge in [0.25, 0.3) is 0 Å². The van der Waals surface area contributed by atoms with Crippen molar-refractivity contribution in [2.45, 2.75) is 12.5 Å². The normalized spacial score (nSPS) is 27.5. The lowest BCUT2D eigenvalue weighted by atomic mass is 9.94. The molecule has 0 bridgehead atoms. The third-order valence-corrected chi connectivity index (χ3v) is 4.31. The molecule has 0 radical (unpaired) electrons. The molecule has 2 aliphatic rings. The zero-order valence-electron chi connectivity index (χ0n) is 12.1. The molecule has 2 fully saturated rings. The summed E-state index contributed by atoms with van der Waals surface area (Å²) in [6, 6.07) is 9.77. The van der Waals surface area contributed by atoms with Crippen molar-refractivity contribution in [2.24, 2.45) is 11.8 Å². The number of carbonyl (C=O) groups excluding carboxylic acids is 1. The molecule has 7 heteroatoms. The average molecular weight is 326 g/mol. The quantitative estimate of drug-likeness (QED) is 0.766. The van der Waals surface area contributed by atoms with Crippen molar-refractivity contribution in [1.29, 1.82) is 0 Å². The van der Waals surface area contributed by atoms with Gasteiger partial charge in [0.05, 0.1) is 17.9 Å². The number of hydrogen-bond acceptors (Lipinski definition) is 4. The van der Waals surface area contributed by atoms with Gasteiger partial charge in [-0.2, -0.15) is 0 Å². The number of nitrogens with one attached hydrogen (secondary N) is 2. The van der Waals surface area contributed by atoms with Crippen LogP contribution in [0.5, 0.6) is 0 Å². The maximum absolute atomic E-state index is 12.7. The van der Waals surface area contributed by atoms with E-state index in [0.717, 1.165) is 5.56 Å². The first-order valence-electron chi connectivity index (χ1n) is 7.21. The van der Waals surface area contributed by atoms with Gasteiger partial charge in [-0.25, -0.2) is 5.43 Å². The average Bonchev–Trinajstić information content (AvgIpc) is 3.17. The van der Waals surface area contributed by atoms with Crippen molar-refractivity contribution in [3.05, 3.63) is 35.9 Å². The zero-order chi connectivity index (χ0) is 14.8. The van der Waals surface area contributed by atoms with Crippen molar-refractivity contribution in [3.8, 4) is 0 Å². The molecule has 6 nitrogen and oxygen atoms in total. The Labute approximate surface area is 135 Å². The number of nitrogens with zero attached hydrogens (tertiary/aromatic N) is 1. The Balaban J connectivity index is 0.00000176. The number of hydrazine groups is 1. The number of halogens is 1. The third-order valence-electron chi connectivity index (χ3n) is 4.31. The summed E-state index contributed by atoms with van der Waals surface area (Å²) in [4.78, 5) is 25.4. The number of carbonyl (C=O) groups is 2. The van der Waals surface area contributed by atoms with E-state index in [1.807, 2.05) is 30.3 Å². The van der Waals surface area contributed by atoms with Gasteiger partial charge in [-0.05, 0) is 12.0 Å². The number of hydrogen-bond donors (Lipinski definition) is 3. The van der Waals surface area contributed by atoms with Gasteiger partial charge >= 0.3 is 5.97 Å². The molecule has 3 atom stereocenters. The Kier molecular flexibility index (Phi) is 5.39. The largest absolute Gasteiger partial charge is 0.481 e. The van der Waals surface area contributed by atoms with Gasteiger partial charge in [-0.3, -0.25) is 15.0 Å². The van der Waals surface area contributed by atoms with Gasteiger partial charge in [0, 0.05) is 19.6 Å². The highest BCUT2D eigenvalue weighted by molar-refractivity contribution is 5.85. The molecule has 0 aliphatic carbocycles. The second kappa shape index (κ2) is 7.09. The molecular formula is C15H20ClN3O3.